The first-order valence-corrected chi connectivity index (χ1v) is 8.08. The zero-order chi connectivity index (χ0) is 17.0. The van der Waals surface area contributed by atoms with Crippen LogP contribution in [0.4, 0.5) is 0 Å². The largest absolute Gasteiger partial charge is 0.508 e. The van der Waals surface area contributed by atoms with Crippen molar-refractivity contribution in [2.24, 2.45) is 0 Å². The number of rotatable bonds is 1. The lowest BCUT2D eigenvalue weighted by Crippen LogP contribution is -1.80. The average Bonchev–Trinajstić information content (AvgIpc) is 3.08. The third-order valence-corrected chi connectivity index (χ3v) is 4.66. The fraction of sp³-hybridized carbons (Fsp3) is 0. The molecule has 25 heavy (non-hydrogen) atoms. The second-order valence-corrected chi connectivity index (χ2v) is 6.15. The Kier molecular flexibility index (Phi) is 2.80. The Hall–Kier alpha value is -3.46. The van der Waals surface area contributed by atoms with Gasteiger partial charge in [-0.15, -0.1) is 0 Å². The fourth-order valence-electron chi connectivity index (χ4n) is 3.51. The van der Waals surface area contributed by atoms with Gasteiger partial charge in [-0.1, -0.05) is 36.4 Å². The van der Waals surface area contributed by atoms with E-state index in [1.165, 1.54) is 0 Å². The Morgan fingerprint density at radius 3 is 2.16 bits per heavy atom. The maximum absolute atomic E-state index is 10.5. The first kappa shape index (κ1) is 13.9. The minimum absolute atomic E-state index is 0.216. The zero-order valence-electron chi connectivity index (χ0n) is 13.2. The van der Waals surface area contributed by atoms with Gasteiger partial charge in [-0.3, -0.25) is 0 Å². The van der Waals surface area contributed by atoms with Crippen LogP contribution < -0.4 is 0 Å². The first-order valence-electron chi connectivity index (χ1n) is 8.08. The molecule has 0 amide bonds. The molecule has 1 heterocycles. The minimum Gasteiger partial charge on any atom is -0.508 e. The molecular weight excluding hydrogens is 312 g/mol. The van der Waals surface area contributed by atoms with Gasteiger partial charge in [0.15, 0.2) is 0 Å². The SMILES string of the molecule is Oc1ccc(-c2cc3c(o2)c2ccccc2c2cccc(O)c23)cc1. The number of phenols is 2. The standard InChI is InChI=1S/C22H14O3/c23-14-10-8-13(9-11-14)20-12-18-21-16(6-3-7-19(21)24)15-4-1-2-5-17(15)22(18)25-20/h1-12,23-24H. The molecule has 0 atom stereocenters. The van der Waals surface area contributed by atoms with E-state index >= 15 is 0 Å². The molecule has 3 nitrogen and oxygen atoms in total. The molecule has 0 fully saturated rings. The molecule has 0 spiro atoms. The van der Waals surface area contributed by atoms with Crippen LogP contribution in [0.25, 0.3) is 43.8 Å². The Bertz CT molecular complexity index is 1250. The predicted octanol–water partition coefficient (Wildman–Crippen LogP) is 5.82. The van der Waals surface area contributed by atoms with E-state index in [2.05, 4.69) is 0 Å². The van der Waals surface area contributed by atoms with Crippen molar-refractivity contribution in [3.05, 3.63) is 72.8 Å². The molecule has 2 N–H and O–H groups in total. The second kappa shape index (κ2) is 5.02. The Morgan fingerprint density at radius 2 is 1.36 bits per heavy atom. The van der Waals surface area contributed by atoms with Gasteiger partial charge in [-0.25, -0.2) is 0 Å². The number of aromatic hydroxyl groups is 2. The monoisotopic (exact) mass is 326 g/mol. The summed E-state index contributed by atoms with van der Waals surface area (Å²) in [5.74, 6) is 1.16. The van der Waals surface area contributed by atoms with Crippen molar-refractivity contribution in [1.29, 1.82) is 0 Å². The molecule has 1 aromatic heterocycles. The van der Waals surface area contributed by atoms with Crippen molar-refractivity contribution in [2.75, 3.05) is 0 Å². The Balaban J connectivity index is 1.96. The average molecular weight is 326 g/mol. The number of hydrogen-bond donors (Lipinski definition) is 2. The van der Waals surface area contributed by atoms with Gasteiger partial charge in [0, 0.05) is 21.7 Å². The predicted molar refractivity (Wildman–Crippen MR) is 100.0 cm³/mol. The molecular formula is C22H14O3. The molecule has 0 aliphatic carbocycles. The number of furan rings is 1. The van der Waals surface area contributed by atoms with Gasteiger partial charge in [-0.05, 0) is 47.2 Å². The van der Waals surface area contributed by atoms with Crippen LogP contribution in [0.1, 0.15) is 0 Å². The highest BCUT2D eigenvalue weighted by Crippen LogP contribution is 2.42. The van der Waals surface area contributed by atoms with E-state index in [-0.39, 0.29) is 11.5 Å². The van der Waals surface area contributed by atoms with Crippen LogP contribution in [0.15, 0.2) is 77.2 Å². The maximum Gasteiger partial charge on any atom is 0.143 e. The lowest BCUT2D eigenvalue weighted by molar-refractivity contribution is 0.475. The van der Waals surface area contributed by atoms with Gasteiger partial charge in [-0.2, -0.15) is 0 Å². The molecule has 0 unspecified atom stereocenters. The van der Waals surface area contributed by atoms with Crippen LogP contribution in [0.3, 0.4) is 0 Å². The number of fused-ring (bicyclic) bond motifs is 6. The molecule has 0 bridgehead atoms. The summed E-state index contributed by atoms with van der Waals surface area (Å²) in [7, 11) is 0. The van der Waals surface area contributed by atoms with Crippen LogP contribution >= 0.6 is 0 Å². The topological polar surface area (TPSA) is 53.6 Å². The summed E-state index contributed by atoms with van der Waals surface area (Å²) in [5, 5.41) is 24.7. The van der Waals surface area contributed by atoms with Crippen molar-refractivity contribution in [3.8, 4) is 22.8 Å². The van der Waals surface area contributed by atoms with Crippen molar-refractivity contribution in [2.45, 2.75) is 0 Å². The van der Waals surface area contributed by atoms with E-state index in [0.717, 1.165) is 38.1 Å². The van der Waals surface area contributed by atoms with E-state index in [0.29, 0.717) is 5.76 Å². The van der Waals surface area contributed by atoms with Crippen LogP contribution in [0, 0.1) is 0 Å². The minimum atomic E-state index is 0.216. The summed E-state index contributed by atoms with van der Waals surface area (Å²) in [6.07, 6.45) is 0. The summed E-state index contributed by atoms with van der Waals surface area (Å²) in [5.41, 5.74) is 1.63. The molecule has 5 aromatic rings. The molecule has 120 valence electrons. The smallest absolute Gasteiger partial charge is 0.143 e. The van der Waals surface area contributed by atoms with Crippen LogP contribution in [0.2, 0.25) is 0 Å². The van der Waals surface area contributed by atoms with Gasteiger partial charge in [0.2, 0.25) is 0 Å². The third-order valence-electron chi connectivity index (χ3n) is 4.66. The van der Waals surface area contributed by atoms with Gasteiger partial charge in [0.25, 0.3) is 0 Å². The highest BCUT2D eigenvalue weighted by molar-refractivity contribution is 6.25. The second-order valence-electron chi connectivity index (χ2n) is 6.15. The van der Waals surface area contributed by atoms with Gasteiger partial charge < -0.3 is 14.6 Å². The molecule has 0 saturated carbocycles. The summed E-state index contributed by atoms with van der Waals surface area (Å²) in [6.45, 7) is 0. The Labute approximate surface area is 143 Å². The summed E-state index contributed by atoms with van der Waals surface area (Å²) in [4.78, 5) is 0. The third kappa shape index (κ3) is 1.99. The summed E-state index contributed by atoms with van der Waals surface area (Å²) in [6, 6.07) is 22.5. The molecule has 3 heteroatoms. The lowest BCUT2D eigenvalue weighted by Gasteiger charge is -2.07. The molecule has 5 rings (SSSR count). The molecule has 0 aliphatic heterocycles. The molecule has 0 radical (unpaired) electrons. The van der Waals surface area contributed by atoms with Crippen molar-refractivity contribution < 1.29 is 14.6 Å². The highest BCUT2D eigenvalue weighted by atomic mass is 16.3. The first-order chi connectivity index (χ1) is 12.2. The van der Waals surface area contributed by atoms with E-state index in [9.17, 15) is 10.2 Å². The lowest BCUT2D eigenvalue weighted by atomic mass is 9.98. The molecule has 0 aliphatic rings. The van der Waals surface area contributed by atoms with Gasteiger partial charge in [0.1, 0.15) is 22.8 Å². The van der Waals surface area contributed by atoms with Crippen LogP contribution in [0.5, 0.6) is 11.5 Å². The zero-order valence-corrected chi connectivity index (χ0v) is 13.2. The Morgan fingerprint density at radius 1 is 0.640 bits per heavy atom. The maximum atomic E-state index is 10.5. The fourth-order valence-corrected chi connectivity index (χ4v) is 3.51. The van der Waals surface area contributed by atoms with Gasteiger partial charge in [0.05, 0.1) is 0 Å². The molecule has 4 aromatic carbocycles. The quantitative estimate of drug-likeness (QED) is 0.382. The van der Waals surface area contributed by atoms with Crippen LogP contribution in [-0.4, -0.2) is 10.2 Å². The summed E-state index contributed by atoms with van der Waals surface area (Å²) >= 11 is 0. The van der Waals surface area contributed by atoms with Crippen molar-refractivity contribution in [1.82, 2.24) is 0 Å². The van der Waals surface area contributed by atoms with E-state index < -0.39 is 0 Å². The number of hydrogen-bond acceptors (Lipinski definition) is 3. The number of benzene rings is 4. The van der Waals surface area contributed by atoms with Crippen molar-refractivity contribution in [3.63, 3.8) is 0 Å². The normalized spacial score (nSPS) is 11.5. The highest BCUT2D eigenvalue weighted by Gasteiger charge is 2.16. The van der Waals surface area contributed by atoms with Crippen molar-refractivity contribution >= 4 is 32.5 Å². The number of phenolic OH excluding ortho intramolecular Hbond substituents is 2. The van der Waals surface area contributed by atoms with E-state index in [1.54, 1.807) is 18.2 Å². The van der Waals surface area contributed by atoms with Gasteiger partial charge >= 0.3 is 0 Å². The van der Waals surface area contributed by atoms with E-state index in [1.807, 2.05) is 54.6 Å². The van der Waals surface area contributed by atoms with E-state index in [4.69, 9.17) is 4.42 Å². The molecule has 0 saturated heterocycles. The van der Waals surface area contributed by atoms with Crippen LogP contribution in [-0.2, 0) is 0 Å². The summed E-state index contributed by atoms with van der Waals surface area (Å²) < 4.78 is 6.18.